The predicted molar refractivity (Wildman–Crippen MR) is 85.9 cm³/mol. The Hall–Kier alpha value is -2.19. The van der Waals surface area contributed by atoms with Gasteiger partial charge in [-0.1, -0.05) is 53.5 Å². The van der Waals surface area contributed by atoms with E-state index in [1.807, 2.05) is 36.4 Å². The molecule has 2 rings (SSSR count). The maximum Gasteiger partial charge on any atom is 0.151 e. The fourth-order valence-corrected chi connectivity index (χ4v) is 2.31. The van der Waals surface area contributed by atoms with E-state index in [0.29, 0.717) is 15.6 Å². The minimum absolute atomic E-state index is 0.101. The Balaban J connectivity index is 2.56. The van der Waals surface area contributed by atoms with Crippen LogP contribution in [0.15, 0.2) is 48.2 Å². The van der Waals surface area contributed by atoms with E-state index in [1.165, 1.54) is 0 Å². The molecular formula is C15H12Cl2N4. The summed E-state index contributed by atoms with van der Waals surface area (Å²) < 4.78 is 0. The molecule has 6 heteroatoms. The van der Waals surface area contributed by atoms with E-state index >= 15 is 0 Å². The number of nitriles is 1. The van der Waals surface area contributed by atoms with E-state index in [2.05, 4.69) is 5.43 Å². The second-order valence-electron chi connectivity index (χ2n) is 4.23. The minimum Gasteiger partial charge on any atom is -0.396 e. The molecule has 0 aliphatic rings. The lowest BCUT2D eigenvalue weighted by Crippen LogP contribution is -2.23. The molecule has 4 nitrogen and oxygen atoms in total. The molecular weight excluding hydrogens is 307 g/mol. The number of hydrogen-bond acceptors (Lipinski definition) is 4. The summed E-state index contributed by atoms with van der Waals surface area (Å²) in [6.07, 6.45) is 0. The van der Waals surface area contributed by atoms with E-state index in [-0.39, 0.29) is 11.4 Å². The number of nitrogens with one attached hydrogen (secondary N) is 1. The molecule has 0 saturated heterocycles. The van der Waals surface area contributed by atoms with Gasteiger partial charge in [0.1, 0.15) is 6.07 Å². The van der Waals surface area contributed by atoms with Crippen molar-refractivity contribution in [1.29, 1.82) is 5.26 Å². The highest BCUT2D eigenvalue weighted by Crippen LogP contribution is 2.34. The fourth-order valence-electron chi connectivity index (χ4n) is 1.90. The predicted octanol–water partition coefficient (Wildman–Crippen LogP) is 3.27. The lowest BCUT2D eigenvalue weighted by atomic mass is 10.0. The van der Waals surface area contributed by atoms with Gasteiger partial charge in [0.2, 0.25) is 0 Å². The molecule has 0 bridgehead atoms. The number of hydrazine groups is 1. The number of hydrogen-bond donors (Lipinski definition) is 3. The number of nitrogens with zero attached hydrogens (tertiary/aromatic N) is 1. The third-order valence-corrected chi connectivity index (χ3v) is 3.78. The van der Waals surface area contributed by atoms with E-state index in [9.17, 15) is 0 Å². The summed E-state index contributed by atoms with van der Waals surface area (Å²) >= 11 is 12.2. The molecule has 0 radical (unpaired) electrons. The fraction of sp³-hybridized carbons (Fsp3) is 0. The summed E-state index contributed by atoms with van der Waals surface area (Å²) in [6, 6.07) is 14.6. The van der Waals surface area contributed by atoms with Crippen molar-refractivity contribution in [2.45, 2.75) is 0 Å². The van der Waals surface area contributed by atoms with Crippen LogP contribution in [0.3, 0.4) is 0 Å². The highest BCUT2D eigenvalue weighted by molar-refractivity contribution is 6.43. The zero-order valence-corrected chi connectivity index (χ0v) is 12.4. The van der Waals surface area contributed by atoms with Crippen LogP contribution >= 0.6 is 23.2 Å². The number of halogens is 2. The molecule has 0 amide bonds. The number of allylic oxidation sites excluding steroid dienone is 1. The van der Waals surface area contributed by atoms with Gasteiger partial charge in [0.15, 0.2) is 5.70 Å². The molecule has 2 aromatic carbocycles. The monoisotopic (exact) mass is 318 g/mol. The molecule has 5 N–H and O–H groups in total. The Morgan fingerprint density at radius 1 is 1.14 bits per heavy atom. The lowest BCUT2D eigenvalue weighted by Gasteiger charge is -2.09. The van der Waals surface area contributed by atoms with Crippen molar-refractivity contribution in [3.8, 4) is 17.2 Å². The summed E-state index contributed by atoms with van der Waals surface area (Å²) in [4.78, 5) is 0. The Morgan fingerprint density at radius 3 is 2.52 bits per heavy atom. The van der Waals surface area contributed by atoms with Crippen molar-refractivity contribution in [2.24, 2.45) is 11.6 Å². The largest absolute Gasteiger partial charge is 0.396 e. The summed E-state index contributed by atoms with van der Waals surface area (Å²) in [7, 11) is 0. The first-order valence-electron chi connectivity index (χ1n) is 5.99. The topological polar surface area (TPSA) is 87.9 Å². The maximum atomic E-state index is 8.96. The van der Waals surface area contributed by atoms with Gasteiger partial charge in [0, 0.05) is 11.1 Å². The summed E-state index contributed by atoms with van der Waals surface area (Å²) in [5.41, 5.74) is 10.9. The Bertz CT molecular complexity index is 748. The highest BCUT2D eigenvalue weighted by Gasteiger charge is 2.09. The molecule has 0 spiro atoms. The van der Waals surface area contributed by atoms with Crippen LogP contribution in [0.5, 0.6) is 0 Å². The SMILES string of the molecule is N#C/C(NN)=C(/N)c1cccc(-c2cccc(Cl)c2Cl)c1. The zero-order chi connectivity index (χ0) is 15.4. The van der Waals surface area contributed by atoms with Gasteiger partial charge in [-0.25, -0.2) is 5.84 Å². The molecule has 0 atom stereocenters. The average Bonchev–Trinajstić information content (AvgIpc) is 2.51. The highest BCUT2D eigenvalue weighted by atomic mass is 35.5. The second kappa shape index (κ2) is 6.51. The maximum absolute atomic E-state index is 8.96. The van der Waals surface area contributed by atoms with Gasteiger partial charge >= 0.3 is 0 Å². The first kappa shape index (κ1) is 15.2. The van der Waals surface area contributed by atoms with Gasteiger partial charge in [-0.15, -0.1) is 0 Å². The lowest BCUT2D eigenvalue weighted by molar-refractivity contribution is 0.920. The van der Waals surface area contributed by atoms with Gasteiger partial charge in [0.25, 0.3) is 0 Å². The van der Waals surface area contributed by atoms with Gasteiger partial charge in [-0.2, -0.15) is 5.26 Å². The summed E-state index contributed by atoms with van der Waals surface area (Å²) in [5.74, 6) is 5.27. The van der Waals surface area contributed by atoms with Crippen LogP contribution in [0.4, 0.5) is 0 Å². The van der Waals surface area contributed by atoms with Crippen LogP contribution < -0.4 is 17.0 Å². The molecule has 0 unspecified atom stereocenters. The van der Waals surface area contributed by atoms with Crippen LogP contribution in [0.2, 0.25) is 10.0 Å². The van der Waals surface area contributed by atoms with E-state index < -0.39 is 0 Å². The first-order chi connectivity index (χ1) is 10.1. The van der Waals surface area contributed by atoms with Gasteiger partial charge in [-0.05, 0) is 17.7 Å². The third-order valence-electron chi connectivity index (χ3n) is 2.96. The van der Waals surface area contributed by atoms with E-state index in [1.54, 1.807) is 12.1 Å². The second-order valence-corrected chi connectivity index (χ2v) is 5.01. The van der Waals surface area contributed by atoms with Crippen molar-refractivity contribution in [3.63, 3.8) is 0 Å². The minimum atomic E-state index is 0.101. The van der Waals surface area contributed by atoms with Crippen molar-refractivity contribution < 1.29 is 0 Å². The molecule has 0 aliphatic carbocycles. The van der Waals surface area contributed by atoms with Crippen molar-refractivity contribution in [3.05, 3.63) is 63.8 Å². The number of benzene rings is 2. The summed E-state index contributed by atoms with van der Waals surface area (Å²) in [6.45, 7) is 0. The number of rotatable bonds is 3. The first-order valence-corrected chi connectivity index (χ1v) is 6.75. The molecule has 106 valence electrons. The summed E-state index contributed by atoms with van der Waals surface area (Å²) in [5, 5.41) is 9.90. The molecule has 0 aliphatic heterocycles. The van der Waals surface area contributed by atoms with Crippen LogP contribution in [0, 0.1) is 11.3 Å². The molecule has 2 aromatic rings. The van der Waals surface area contributed by atoms with Gasteiger partial charge in [0.05, 0.1) is 15.7 Å². The molecule has 0 saturated carbocycles. The standard InChI is InChI=1S/C15H12Cl2N4/c16-12-6-2-5-11(14(12)17)9-3-1-4-10(7-9)15(19)13(8-18)21-20/h1-7,21H,19-20H2/b15-13-. The third kappa shape index (κ3) is 3.11. The van der Waals surface area contributed by atoms with Crippen LogP contribution in [0.1, 0.15) is 5.56 Å². The van der Waals surface area contributed by atoms with Crippen molar-refractivity contribution in [1.82, 2.24) is 5.43 Å². The molecule has 21 heavy (non-hydrogen) atoms. The van der Waals surface area contributed by atoms with Crippen LogP contribution in [-0.2, 0) is 0 Å². The molecule has 0 fully saturated rings. The quantitative estimate of drug-likeness (QED) is 0.460. The molecule has 0 aromatic heterocycles. The van der Waals surface area contributed by atoms with E-state index in [0.717, 1.165) is 11.1 Å². The van der Waals surface area contributed by atoms with Crippen molar-refractivity contribution in [2.75, 3.05) is 0 Å². The Labute approximate surface area is 132 Å². The smallest absolute Gasteiger partial charge is 0.151 e. The van der Waals surface area contributed by atoms with Gasteiger partial charge < -0.3 is 11.2 Å². The van der Waals surface area contributed by atoms with Crippen LogP contribution in [0.25, 0.3) is 16.8 Å². The normalized spacial score (nSPS) is 11.5. The Morgan fingerprint density at radius 2 is 1.86 bits per heavy atom. The molecule has 0 heterocycles. The average molecular weight is 319 g/mol. The van der Waals surface area contributed by atoms with E-state index in [4.69, 9.17) is 40.0 Å². The Kier molecular flexibility index (Phi) is 4.71. The van der Waals surface area contributed by atoms with Crippen molar-refractivity contribution >= 4 is 28.9 Å². The van der Waals surface area contributed by atoms with Gasteiger partial charge in [-0.3, -0.25) is 0 Å². The number of nitrogens with two attached hydrogens (primary N) is 2. The zero-order valence-electron chi connectivity index (χ0n) is 10.9. The van der Waals surface area contributed by atoms with Crippen LogP contribution in [-0.4, -0.2) is 0 Å².